The van der Waals surface area contributed by atoms with Crippen LogP contribution >= 0.6 is 0 Å². The van der Waals surface area contributed by atoms with E-state index in [0.717, 1.165) is 26.1 Å². The van der Waals surface area contributed by atoms with Crippen LogP contribution in [0.3, 0.4) is 0 Å². The van der Waals surface area contributed by atoms with Gasteiger partial charge in [0.25, 0.3) is 0 Å². The van der Waals surface area contributed by atoms with Crippen molar-refractivity contribution >= 4 is 17.3 Å². The molecule has 2 aromatic rings. The van der Waals surface area contributed by atoms with Gasteiger partial charge < -0.3 is 19.4 Å². The fourth-order valence-corrected chi connectivity index (χ4v) is 4.93. The summed E-state index contributed by atoms with van der Waals surface area (Å²) in [6.07, 6.45) is 0.830. The molecule has 2 saturated heterocycles. The molecule has 0 aromatic heterocycles. The molecule has 28 heavy (non-hydrogen) atoms. The summed E-state index contributed by atoms with van der Waals surface area (Å²) >= 11 is 0. The van der Waals surface area contributed by atoms with Crippen LogP contribution in [0.25, 0.3) is 0 Å². The molecule has 3 aliphatic heterocycles. The molecule has 0 aliphatic carbocycles. The molecule has 1 amide bonds. The number of para-hydroxylation sites is 2. The highest BCUT2D eigenvalue weighted by Crippen LogP contribution is 2.37. The van der Waals surface area contributed by atoms with Crippen molar-refractivity contribution in [3.63, 3.8) is 0 Å². The minimum Gasteiger partial charge on any atom is -0.378 e. The Labute approximate surface area is 166 Å². The molecule has 3 heterocycles. The number of hydrogen-bond acceptors (Lipinski definition) is 4. The number of fused-ring (bicyclic) bond motifs is 3. The molecule has 0 bridgehead atoms. The van der Waals surface area contributed by atoms with Gasteiger partial charge in [-0.2, -0.15) is 0 Å². The molecule has 2 aromatic carbocycles. The second-order valence-corrected chi connectivity index (χ2v) is 7.92. The second kappa shape index (κ2) is 7.47. The van der Waals surface area contributed by atoms with Crippen LogP contribution in [0.15, 0.2) is 54.6 Å². The number of amides is 1. The average molecular weight is 377 g/mol. The summed E-state index contributed by atoms with van der Waals surface area (Å²) in [7, 11) is 0. The van der Waals surface area contributed by atoms with Gasteiger partial charge in [0, 0.05) is 44.1 Å². The van der Waals surface area contributed by atoms with Crippen LogP contribution < -0.4 is 9.80 Å². The van der Waals surface area contributed by atoms with Crippen molar-refractivity contribution in [2.24, 2.45) is 5.92 Å². The lowest BCUT2D eigenvalue weighted by atomic mass is 9.83. The van der Waals surface area contributed by atoms with E-state index in [1.165, 1.54) is 16.9 Å². The number of ether oxygens (including phenoxy) is 1. The van der Waals surface area contributed by atoms with Crippen molar-refractivity contribution in [3.05, 3.63) is 60.2 Å². The third kappa shape index (κ3) is 3.14. The van der Waals surface area contributed by atoms with Gasteiger partial charge in [-0.05, 0) is 30.2 Å². The number of carbonyl (C=O) groups excluding carboxylic acids is 1. The molecule has 5 heteroatoms. The van der Waals surface area contributed by atoms with Crippen LogP contribution in [0.2, 0.25) is 0 Å². The predicted octanol–water partition coefficient (Wildman–Crippen LogP) is 2.41. The van der Waals surface area contributed by atoms with E-state index in [2.05, 4.69) is 64.4 Å². The zero-order chi connectivity index (χ0) is 18.9. The van der Waals surface area contributed by atoms with Gasteiger partial charge in [0.1, 0.15) is 0 Å². The van der Waals surface area contributed by atoms with Gasteiger partial charge in [-0.25, -0.2) is 0 Å². The quantitative estimate of drug-likeness (QED) is 0.805. The van der Waals surface area contributed by atoms with Crippen molar-refractivity contribution in [2.45, 2.75) is 12.5 Å². The average Bonchev–Trinajstić information content (AvgIpc) is 2.79. The van der Waals surface area contributed by atoms with Crippen molar-refractivity contribution < 1.29 is 9.53 Å². The van der Waals surface area contributed by atoms with E-state index in [1.807, 2.05) is 4.90 Å². The Morgan fingerprint density at radius 3 is 2.46 bits per heavy atom. The second-order valence-electron chi connectivity index (χ2n) is 7.92. The normalized spacial score (nSPS) is 24.5. The first-order chi connectivity index (χ1) is 13.8. The highest BCUT2D eigenvalue weighted by atomic mass is 16.5. The van der Waals surface area contributed by atoms with Crippen molar-refractivity contribution in [2.75, 3.05) is 55.7 Å². The van der Waals surface area contributed by atoms with Crippen molar-refractivity contribution in [3.8, 4) is 0 Å². The van der Waals surface area contributed by atoms with Gasteiger partial charge >= 0.3 is 0 Å². The van der Waals surface area contributed by atoms with Gasteiger partial charge in [0.2, 0.25) is 5.91 Å². The predicted molar refractivity (Wildman–Crippen MR) is 111 cm³/mol. The first kappa shape index (κ1) is 17.6. The first-order valence-electron chi connectivity index (χ1n) is 10.3. The number of hydrogen-bond donors (Lipinski definition) is 0. The Bertz CT molecular complexity index is 835. The Kier molecular flexibility index (Phi) is 4.69. The lowest BCUT2D eigenvalue weighted by molar-refractivity contribution is -0.140. The molecule has 0 N–H and O–H groups in total. The number of morpholine rings is 1. The van der Waals surface area contributed by atoms with E-state index in [0.29, 0.717) is 32.2 Å². The number of nitrogens with zero attached hydrogens (tertiary/aromatic N) is 3. The fourth-order valence-electron chi connectivity index (χ4n) is 4.93. The molecule has 5 rings (SSSR count). The van der Waals surface area contributed by atoms with Crippen LogP contribution in [-0.4, -0.2) is 62.8 Å². The lowest BCUT2D eigenvalue weighted by Gasteiger charge is -2.50. The first-order valence-corrected chi connectivity index (χ1v) is 10.3. The van der Waals surface area contributed by atoms with Gasteiger partial charge in [0.15, 0.2) is 0 Å². The fraction of sp³-hybridized carbons (Fsp3) is 0.435. The number of carbonyl (C=O) groups is 1. The summed E-state index contributed by atoms with van der Waals surface area (Å²) in [4.78, 5) is 20.4. The van der Waals surface area contributed by atoms with Crippen LogP contribution in [0.5, 0.6) is 0 Å². The standard InChI is InChI=1S/C23H27N3O2/c27-23(24-12-14-28-15-13-24)20-16-18-6-4-5-9-21(18)26-11-10-25(17-22(20)26)19-7-2-1-3-8-19/h1-9,20,22H,10-17H2/t20-,22+/m0/s1. The molecule has 5 nitrogen and oxygen atoms in total. The number of benzene rings is 2. The summed E-state index contributed by atoms with van der Waals surface area (Å²) in [5, 5.41) is 0. The summed E-state index contributed by atoms with van der Waals surface area (Å²) in [6.45, 7) is 5.55. The Morgan fingerprint density at radius 2 is 1.64 bits per heavy atom. The van der Waals surface area contributed by atoms with Gasteiger partial charge in [-0.1, -0.05) is 36.4 Å². The number of piperazine rings is 1. The molecule has 146 valence electrons. The molecule has 2 fully saturated rings. The Hall–Kier alpha value is -2.53. The summed E-state index contributed by atoms with van der Waals surface area (Å²) in [5.74, 6) is 0.294. The van der Waals surface area contributed by atoms with E-state index < -0.39 is 0 Å². The maximum absolute atomic E-state index is 13.5. The van der Waals surface area contributed by atoms with E-state index in [4.69, 9.17) is 4.74 Å². The topological polar surface area (TPSA) is 36.0 Å². The molecule has 0 unspecified atom stereocenters. The smallest absolute Gasteiger partial charge is 0.228 e. The molecular formula is C23H27N3O2. The van der Waals surface area contributed by atoms with Crippen LogP contribution in [0.1, 0.15) is 5.56 Å². The number of rotatable bonds is 2. The summed E-state index contributed by atoms with van der Waals surface area (Å²) < 4.78 is 5.46. The molecule has 0 radical (unpaired) electrons. The van der Waals surface area contributed by atoms with E-state index in [9.17, 15) is 4.79 Å². The van der Waals surface area contributed by atoms with Gasteiger partial charge in [-0.3, -0.25) is 4.79 Å². The maximum atomic E-state index is 13.5. The SMILES string of the molecule is O=C([C@H]1Cc2ccccc2N2CCN(c3ccccc3)C[C@H]12)N1CCOCC1. The Balaban J connectivity index is 1.46. The minimum atomic E-state index is -0.000452. The molecule has 2 atom stereocenters. The molecule has 0 spiro atoms. The summed E-state index contributed by atoms with van der Waals surface area (Å²) in [6, 6.07) is 19.4. The third-order valence-electron chi connectivity index (χ3n) is 6.39. The zero-order valence-corrected chi connectivity index (χ0v) is 16.2. The van der Waals surface area contributed by atoms with Crippen molar-refractivity contribution in [1.82, 2.24) is 4.90 Å². The van der Waals surface area contributed by atoms with Crippen LogP contribution in [0, 0.1) is 5.92 Å². The summed E-state index contributed by atoms with van der Waals surface area (Å²) in [5.41, 5.74) is 3.86. The Morgan fingerprint density at radius 1 is 0.893 bits per heavy atom. The van der Waals surface area contributed by atoms with Crippen LogP contribution in [0.4, 0.5) is 11.4 Å². The monoisotopic (exact) mass is 377 g/mol. The van der Waals surface area contributed by atoms with E-state index >= 15 is 0 Å². The zero-order valence-electron chi connectivity index (χ0n) is 16.2. The van der Waals surface area contributed by atoms with Gasteiger partial charge in [0.05, 0.1) is 25.2 Å². The largest absolute Gasteiger partial charge is 0.378 e. The van der Waals surface area contributed by atoms with Gasteiger partial charge in [-0.15, -0.1) is 0 Å². The molecule has 0 saturated carbocycles. The maximum Gasteiger partial charge on any atom is 0.228 e. The highest BCUT2D eigenvalue weighted by molar-refractivity contribution is 5.82. The highest BCUT2D eigenvalue weighted by Gasteiger charge is 2.43. The number of anilines is 2. The lowest BCUT2D eigenvalue weighted by Crippen LogP contribution is -2.62. The van der Waals surface area contributed by atoms with Crippen molar-refractivity contribution in [1.29, 1.82) is 0 Å². The van der Waals surface area contributed by atoms with E-state index in [-0.39, 0.29) is 12.0 Å². The van der Waals surface area contributed by atoms with Crippen LogP contribution in [-0.2, 0) is 16.0 Å². The molecular weight excluding hydrogens is 350 g/mol. The minimum absolute atomic E-state index is 0.000452. The van der Waals surface area contributed by atoms with E-state index in [1.54, 1.807) is 0 Å². The third-order valence-corrected chi connectivity index (χ3v) is 6.39. The molecule has 3 aliphatic rings.